The third-order valence-electron chi connectivity index (χ3n) is 3.87. The first-order chi connectivity index (χ1) is 10.1. The minimum Gasteiger partial charge on any atom is -0.495 e. The van der Waals surface area contributed by atoms with Crippen LogP contribution in [0.3, 0.4) is 0 Å². The molecule has 1 saturated heterocycles. The summed E-state index contributed by atoms with van der Waals surface area (Å²) in [6.07, 6.45) is 1.96. The van der Waals surface area contributed by atoms with Crippen LogP contribution in [0.5, 0.6) is 11.5 Å². The average Bonchev–Trinajstić information content (AvgIpc) is 2.54. The highest BCUT2D eigenvalue weighted by Gasteiger charge is 2.24. The van der Waals surface area contributed by atoms with E-state index in [1.165, 1.54) is 0 Å². The lowest BCUT2D eigenvalue weighted by Crippen LogP contribution is -2.43. The van der Waals surface area contributed by atoms with Gasteiger partial charge in [0.1, 0.15) is 16.0 Å². The lowest BCUT2D eigenvalue weighted by Gasteiger charge is -2.31. The summed E-state index contributed by atoms with van der Waals surface area (Å²) in [5, 5.41) is 3.31. The maximum Gasteiger partial charge on any atom is 0.254 e. The van der Waals surface area contributed by atoms with Crippen molar-refractivity contribution in [3.63, 3.8) is 0 Å². The summed E-state index contributed by atoms with van der Waals surface area (Å²) in [5.74, 6) is 1.18. The number of carbonyl (C=O) groups is 1. The van der Waals surface area contributed by atoms with Gasteiger partial charge in [-0.25, -0.2) is 0 Å². The highest BCUT2D eigenvalue weighted by molar-refractivity contribution is 9.10. The van der Waals surface area contributed by atoms with Gasteiger partial charge in [0.05, 0.1) is 14.2 Å². The van der Waals surface area contributed by atoms with Crippen molar-refractivity contribution in [2.75, 3.05) is 34.4 Å². The van der Waals surface area contributed by atoms with Crippen LogP contribution in [0.4, 0.5) is 0 Å². The fraction of sp³-hybridized carbons (Fsp3) is 0.533. The predicted octanol–water partition coefficient (Wildman–Crippen LogP) is 2.29. The fourth-order valence-corrected chi connectivity index (χ4v) is 3.11. The fourth-order valence-electron chi connectivity index (χ4n) is 2.56. The lowest BCUT2D eigenvalue weighted by molar-refractivity contribution is 0.0702. The molecule has 1 aromatic carbocycles. The van der Waals surface area contributed by atoms with E-state index < -0.39 is 0 Å². The zero-order valence-electron chi connectivity index (χ0n) is 12.6. The molecular weight excluding hydrogens is 336 g/mol. The van der Waals surface area contributed by atoms with Gasteiger partial charge in [0.15, 0.2) is 0 Å². The number of amides is 1. The third kappa shape index (κ3) is 3.49. The molecule has 1 aliphatic heterocycles. The van der Waals surface area contributed by atoms with Crippen molar-refractivity contribution in [3.8, 4) is 11.5 Å². The van der Waals surface area contributed by atoms with Crippen molar-refractivity contribution < 1.29 is 14.3 Å². The number of methoxy groups -OCH3 is 2. The molecule has 1 amide bonds. The third-order valence-corrected chi connectivity index (χ3v) is 4.65. The van der Waals surface area contributed by atoms with Crippen molar-refractivity contribution in [1.82, 2.24) is 10.2 Å². The van der Waals surface area contributed by atoms with E-state index in [4.69, 9.17) is 9.47 Å². The Kier molecular flexibility index (Phi) is 5.47. The van der Waals surface area contributed by atoms with Crippen LogP contribution in [0.15, 0.2) is 16.6 Å². The van der Waals surface area contributed by atoms with Crippen LogP contribution in [0.1, 0.15) is 23.2 Å². The van der Waals surface area contributed by atoms with Crippen LogP contribution in [0.25, 0.3) is 0 Å². The number of piperidine rings is 1. The van der Waals surface area contributed by atoms with Crippen molar-refractivity contribution in [2.45, 2.75) is 18.9 Å². The molecule has 1 fully saturated rings. The minimum absolute atomic E-state index is 0.00833. The number of nitrogens with one attached hydrogen (secondary N) is 1. The average molecular weight is 357 g/mol. The highest BCUT2D eigenvalue weighted by Crippen LogP contribution is 2.36. The zero-order chi connectivity index (χ0) is 15.4. The smallest absolute Gasteiger partial charge is 0.254 e. The lowest BCUT2D eigenvalue weighted by atomic mass is 10.0. The summed E-state index contributed by atoms with van der Waals surface area (Å²) >= 11 is 3.42. The Bertz CT molecular complexity index is 491. The van der Waals surface area contributed by atoms with Crippen LogP contribution in [-0.2, 0) is 0 Å². The Balaban J connectivity index is 2.25. The maximum absolute atomic E-state index is 12.7. The van der Waals surface area contributed by atoms with E-state index in [2.05, 4.69) is 21.2 Å². The summed E-state index contributed by atoms with van der Waals surface area (Å²) in [7, 11) is 5.01. The normalized spacial score (nSPS) is 15.6. The molecule has 0 aromatic heterocycles. The van der Waals surface area contributed by atoms with Gasteiger partial charge in [0.25, 0.3) is 5.91 Å². The maximum atomic E-state index is 12.7. The second-order valence-corrected chi connectivity index (χ2v) is 5.88. The number of rotatable bonds is 4. The summed E-state index contributed by atoms with van der Waals surface area (Å²) in [6, 6.07) is 3.76. The molecule has 1 aliphatic rings. The number of hydrogen-bond donors (Lipinski definition) is 1. The molecule has 0 atom stereocenters. The molecule has 0 unspecified atom stereocenters. The predicted molar refractivity (Wildman–Crippen MR) is 85.2 cm³/mol. The number of halogens is 1. The molecule has 0 bridgehead atoms. The molecule has 116 valence electrons. The minimum atomic E-state index is -0.00833. The summed E-state index contributed by atoms with van der Waals surface area (Å²) in [5.41, 5.74) is 0.577. The van der Waals surface area contributed by atoms with Crippen LogP contribution in [-0.4, -0.2) is 51.2 Å². The monoisotopic (exact) mass is 356 g/mol. The van der Waals surface area contributed by atoms with Gasteiger partial charge in [-0.2, -0.15) is 0 Å². The van der Waals surface area contributed by atoms with Gasteiger partial charge < -0.3 is 19.7 Å². The topological polar surface area (TPSA) is 50.8 Å². The van der Waals surface area contributed by atoms with Crippen LogP contribution in [0, 0.1) is 0 Å². The van der Waals surface area contributed by atoms with Gasteiger partial charge in [-0.05, 0) is 54.0 Å². The molecular formula is C15H21BrN2O3. The molecule has 5 nitrogen and oxygen atoms in total. The Morgan fingerprint density at radius 2 is 1.76 bits per heavy atom. The number of benzene rings is 1. The first-order valence-electron chi connectivity index (χ1n) is 6.98. The number of hydrogen-bond acceptors (Lipinski definition) is 4. The number of nitrogens with zero attached hydrogens (tertiary/aromatic N) is 1. The Labute approximate surface area is 133 Å². The molecule has 2 rings (SSSR count). The van der Waals surface area contributed by atoms with Crippen molar-refractivity contribution in [3.05, 3.63) is 22.2 Å². The highest BCUT2D eigenvalue weighted by atomic mass is 79.9. The first-order valence-corrected chi connectivity index (χ1v) is 7.77. The van der Waals surface area contributed by atoms with E-state index in [-0.39, 0.29) is 11.9 Å². The van der Waals surface area contributed by atoms with Crippen molar-refractivity contribution >= 4 is 21.8 Å². The van der Waals surface area contributed by atoms with Crippen molar-refractivity contribution in [2.24, 2.45) is 0 Å². The Morgan fingerprint density at radius 1 is 1.24 bits per heavy atom. The van der Waals surface area contributed by atoms with Gasteiger partial charge in [-0.3, -0.25) is 4.79 Å². The molecule has 0 spiro atoms. The zero-order valence-corrected chi connectivity index (χ0v) is 14.2. The van der Waals surface area contributed by atoms with Gasteiger partial charge in [-0.1, -0.05) is 0 Å². The van der Waals surface area contributed by atoms with E-state index in [1.54, 1.807) is 26.4 Å². The van der Waals surface area contributed by atoms with Gasteiger partial charge in [0, 0.05) is 18.7 Å². The molecule has 1 N–H and O–H groups in total. The number of carbonyl (C=O) groups excluding carboxylic acids is 1. The van der Waals surface area contributed by atoms with Gasteiger partial charge in [0.2, 0.25) is 0 Å². The quantitative estimate of drug-likeness (QED) is 0.899. The van der Waals surface area contributed by atoms with E-state index in [1.807, 2.05) is 11.9 Å². The molecule has 1 heterocycles. The number of ether oxygens (including phenoxy) is 2. The Morgan fingerprint density at radius 3 is 2.24 bits per heavy atom. The van der Waals surface area contributed by atoms with Crippen molar-refractivity contribution in [1.29, 1.82) is 0 Å². The molecule has 0 saturated carbocycles. The molecule has 1 aromatic rings. The molecule has 0 aliphatic carbocycles. The standard InChI is InChI=1S/C15H21BrN2O3/c1-18(11-4-6-17-7-5-11)15(19)10-8-12(20-2)14(16)13(9-10)21-3/h8-9,11,17H,4-7H2,1-3H3. The van der Waals surface area contributed by atoms with E-state index in [0.717, 1.165) is 25.9 Å². The second kappa shape index (κ2) is 7.13. The van der Waals surface area contributed by atoms with Crippen LogP contribution in [0.2, 0.25) is 0 Å². The van der Waals surface area contributed by atoms with Crippen LogP contribution < -0.4 is 14.8 Å². The summed E-state index contributed by atoms with van der Waals surface area (Å²) in [6.45, 7) is 1.91. The summed E-state index contributed by atoms with van der Waals surface area (Å²) in [4.78, 5) is 14.5. The van der Waals surface area contributed by atoms with Gasteiger partial charge >= 0.3 is 0 Å². The van der Waals surface area contributed by atoms with Gasteiger partial charge in [-0.15, -0.1) is 0 Å². The largest absolute Gasteiger partial charge is 0.495 e. The first kappa shape index (κ1) is 16.1. The summed E-state index contributed by atoms with van der Waals surface area (Å²) < 4.78 is 11.3. The van der Waals surface area contributed by atoms with E-state index in [0.29, 0.717) is 21.5 Å². The second-order valence-electron chi connectivity index (χ2n) is 5.09. The molecule has 6 heteroatoms. The molecule has 21 heavy (non-hydrogen) atoms. The van der Waals surface area contributed by atoms with Crippen LogP contribution >= 0.6 is 15.9 Å². The SMILES string of the molecule is COc1cc(C(=O)N(C)C2CCNCC2)cc(OC)c1Br. The Hall–Kier alpha value is -1.27. The van der Waals surface area contributed by atoms with E-state index in [9.17, 15) is 4.79 Å². The molecule has 0 radical (unpaired) electrons. The van der Waals surface area contributed by atoms with E-state index >= 15 is 0 Å².